The number of rotatable bonds is 6. The summed E-state index contributed by atoms with van der Waals surface area (Å²) in [4.78, 5) is 26.0. The number of amides is 1. The molecule has 1 aromatic carbocycles. The van der Waals surface area contributed by atoms with Gasteiger partial charge >= 0.3 is 5.97 Å². The third-order valence-electron chi connectivity index (χ3n) is 3.24. The van der Waals surface area contributed by atoms with E-state index in [1.165, 1.54) is 16.2 Å². The molecule has 4 nitrogen and oxygen atoms in total. The second kappa shape index (κ2) is 7.56. The Morgan fingerprint density at radius 3 is 2.68 bits per heavy atom. The summed E-state index contributed by atoms with van der Waals surface area (Å²) < 4.78 is 0.902. The molecule has 22 heavy (non-hydrogen) atoms. The molecular formula is C16H16BrNO3S. The molecule has 2 aromatic rings. The van der Waals surface area contributed by atoms with Gasteiger partial charge in [0, 0.05) is 15.9 Å². The number of thiophene rings is 1. The van der Waals surface area contributed by atoms with E-state index in [2.05, 4.69) is 15.9 Å². The first-order valence-electron chi connectivity index (χ1n) is 6.76. The molecule has 116 valence electrons. The van der Waals surface area contributed by atoms with Crippen LogP contribution < -0.4 is 0 Å². The Bertz CT molecular complexity index is 657. The zero-order valence-electron chi connectivity index (χ0n) is 12.0. The molecular weight excluding hydrogens is 366 g/mol. The van der Waals surface area contributed by atoms with Gasteiger partial charge in [0.15, 0.2) is 0 Å². The van der Waals surface area contributed by atoms with Crippen molar-refractivity contribution in [1.29, 1.82) is 0 Å². The number of halogens is 1. The van der Waals surface area contributed by atoms with Crippen molar-refractivity contribution >= 4 is 39.1 Å². The lowest BCUT2D eigenvalue weighted by atomic mass is 10.1. The number of aliphatic carboxylic acids is 1. The van der Waals surface area contributed by atoms with Crippen LogP contribution in [0.15, 0.2) is 46.3 Å². The van der Waals surface area contributed by atoms with Gasteiger partial charge in [-0.1, -0.05) is 34.1 Å². The number of carbonyl (C=O) groups excluding carboxylic acids is 1. The van der Waals surface area contributed by atoms with Crippen LogP contribution in [0.1, 0.15) is 23.3 Å². The van der Waals surface area contributed by atoms with E-state index in [1.807, 2.05) is 48.7 Å². The molecule has 0 spiro atoms. The highest BCUT2D eigenvalue weighted by atomic mass is 79.9. The maximum Gasteiger partial charge on any atom is 0.323 e. The first kappa shape index (κ1) is 16.7. The Labute approximate surface area is 141 Å². The fraction of sp³-hybridized carbons (Fsp3) is 0.250. The Balaban J connectivity index is 2.18. The predicted octanol–water partition coefficient (Wildman–Crippen LogP) is 3.73. The summed E-state index contributed by atoms with van der Waals surface area (Å²) in [5.74, 6) is -1.53. The average molecular weight is 382 g/mol. The van der Waals surface area contributed by atoms with Crippen LogP contribution in [-0.2, 0) is 16.1 Å². The van der Waals surface area contributed by atoms with Crippen LogP contribution in [0.4, 0.5) is 0 Å². The van der Waals surface area contributed by atoms with Crippen molar-refractivity contribution in [1.82, 2.24) is 4.90 Å². The number of carbonyl (C=O) groups is 2. The highest BCUT2D eigenvalue weighted by molar-refractivity contribution is 9.10. The summed E-state index contributed by atoms with van der Waals surface area (Å²) >= 11 is 4.88. The van der Waals surface area contributed by atoms with Crippen molar-refractivity contribution in [2.75, 3.05) is 6.54 Å². The van der Waals surface area contributed by atoms with Gasteiger partial charge in [0.05, 0.1) is 5.92 Å². The van der Waals surface area contributed by atoms with E-state index in [0.717, 1.165) is 14.9 Å². The highest BCUT2D eigenvalue weighted by Crippen LogP contribution is 2.24. The lowest BCUT2D eigenvalue weighted by Gasteiger charge is -2.24. The quantitative estimate of drug-likeness (QED) is 0.829. The number of carboxylic acids is 1. The smallest absolute Gasteiger partial charge is 0.323 e. The van der Waals surface area contributed by atoms with Crippen molar-refractivity contribution in [2.45, 2.75) is 19.4 Å². The van der Waals surface area contributed by atoms with Crippen LogP contribution in [-0.4, -0.2) is 28.4 Å². The number of carboxylic acid groups (broad SMARTS) is 1. The largest absolute Gasteiger partial charge is 0.480 e. The van der Waals surface area contributed by atoms with Crippen LogP contribution in [0.25, 0.3) is 0 Å². The van der Waals surface area contributed by atoms with Crippen LogP contribution in [0.2, 0.25) is 0 Å². The third-order valence-corrected chi connectivity index (χ3v) is 4.79. The molecule has 2 rings (SSSR count). The van der Waals surface area contributed by atoms with Gasteiger partial charge in [-0.3, -0.25) is 9.59 Å². The zero-order chi connectivity index (χ0) is 16.1. The summed E-state index contributed by atoms with van der Waals surface area (Å²) in [6.07, 6.45) is 0. The van der Waals surface area contributed by atoms with Crippen molar-refractivity contribution < 1.29 is 14.7 Å². The van der Waals surface area contributed by atoms with E-state index >= 15 is 0 Å². The van der Waals surface area contributed by atoms with Crippen molar-refractivity contribution in [2.24, 2.45) is 0 Å². The van der Waals surface area contributed by atoms with Gasteiger partial charge in [0.2, 0.25) is 5.91 Å². The Morgan fingerprint density at radius 1 is 1.32 bits per heavy atom. The van der Waals surface area contributed by atoms with Gasteiger partial charge in [0.1, 0.15) is 6.54 Å². The standard InChI is InChI=1S/C16H16BrNO3S/c1-11(14-6-3-7-22-14)16(21)18(10-15(19)20)9-12-4-2-5-13(17)8-12/h2-8,11H,9-10H2,1H3,(H,19,20). The maximum atomic E-state index is 12.6. The van der Waals surface area contributed by atoms with E-state index < -0.39 is 5.97 Å². The average Bonchev–Trinajstić information content (AvgIpc) is 2.98. The number of benzene rings is 1. The summed E-state index contributed by atoms with van der Waals surface area (Å²) in [6, 6.07) is 11.3. The maximum absolute atomic E-state index is 12.6. The van der Waals surface area contributed by atoms with Gasteiger partial charge in [0.25, 0.3) is 0 Å². The van der Waals surface area contributed by atoms with E-state index in [4.69, 9.17) is 5.11 Å². The topological polar surface area (TPSA) is 57.6 Å². The van der Waals surface area contributed by atoms with Crippen molar-refractivity contribution in [3.8, 4) is 0 Å². The van der Waals surface area contributed by atoms with E-state index in [-0.39, 0.29) is 24.9 Å². The van der Waals surface area contributed by atoms with Crippen molar-refractivity contribution in [3.63, 3.8) is 0 Å². The minimum atomic E-state index is -1.01. The normalized spacial score (nSPS) is 11.9. The molecule has 0 saturated heterocycles. The Kier molecular flexibility index (Phi) is 5.74. The third kappa shape index (κ3) is 4.42. The molecule has 0 saturated carbocycles. The zero-order valence-corrected chi connectivity index (χ0v) is 14.4. The SMILES string of the molecule is CC(C(=O)N(CC(=O)O)Cc1cccc(Br)c1)c1cccs1. The Hall–Kier alpha value is -1.66. The molecule has 0 bridgehead atoms. The van der Waals surface area contributed by atoms with E-state index in [0.29, 0.717) is 0 Å². The molecule has 1 N–H and O–H groups in total. The fourth-order valence-electron chi connectivity index (χ4n) is 2.16. The summed E-state index contributed by atoms with van der Waals surface area (Å²) in [5, 5.41) is 11.0. The molecule has 0 aliphatic heterocycles. The van der Waals surface area contributed by atoms with Crippen LogP contribution in [0, 0.1) is 0 Å². The van der Waals surface area contributed by atoms with E-state index in [9.17, 15) is 9.59 Å². The summed E-state index contributed by atoms with van der Waals surface area (Å²) in [6.45, 7) is 1.78. The summed E-state index contributed by atoms with van der Waals surface area (Å²) in [5.41, 5.74) is 0.891. The molecule has 1 amide bonds. The van der Waals surface area contributed by atoms with Gasteiger partial charge < -0.3 is 10.0 Å². The van der Waals surface area contributed by atoms with Crippen LogP contribution >= 0.6 is 27.3 Å². The molecule has 0 aliphatic rings. The molecule has 6 heteroatoms. The van der Waals surface area contributed by atoms with E-state index in [1.54, 1.807) is 0 Å². The molecule has 1 unspecified atom stereocenters. The molecule has 0 fully saturated rings. The molecule has 1 atom stereocenters. The van der Waals surface area contributed by atoms with Crippen LogP contribution in [0.3, 0.4) is 0 Å². The van der Waals surface area contributed by atoms with Gasteiger partial charge in [-0.2, -0.15) is 0 Å². The van der Waals surface area contributed by atoms with Crippen molar-refractivity contribution in [3.05, 3.63) is 56.7 Å². The minimum Gasteiger partial charge on any atom is -0.480 e. The van der Waals surface area contributed by atoms with Crippen LogP contribution in [0.5, 0.6) is 0 Å². The fourth-order valence-corrected chi connectivity index (χ4v) is 3.39. The number of nitrogens with zero attached hydrogens (tertiary/aromatic N) is 1. The second-order valence-electron chi connectivity index (χ2n) is 4.96. The lowest BCUT2D eigenvalue weighted by molar-refractivity contribution is -0.145. The highest BCUT2D eigenvalue weighted by Gasteiger charge is 2.24. The molecule has 0 radical (unpaired) electrons. The van der Waals surface area contributed by atoms with Gasteiger partial charge in [-0.15, -0.1) is 11.3 Å². The molecule has 1 heterocycles. The minimum absolute atomic E-state index is 0.176. The lowest BCUT2D eigenvalue weighted by Crippen LogP contribution is -2.37. The molecule has 1 aromatic heterocycles. The number of hydrogen-bond acceptors (Lipinski definition) is 3. The second-order valence-corrected chi connectivity index (χ2v) is 6.85. The Morgan fingerprint density at radius 2 is 2.09 bits per heavy atom. The predicted molar refractivity (Wildman–Crippen MR) is 89.9 cm³/mol. The first-order valence-corrected chi connectivity index (χ1v) is 8.43. The first-order chi connectivity index (χ1) is 10.5. The molecule has 0 aliphatic carbocycles. The summed E-state index contributed by atoms with van der Waals surface area (Å²) in [7, 11) is 0. The number of hydrogen-bond donors (Lipinski definition) is 1. The van der Waals surface area contributed by atoms with Gasteiger partial charge in [-0.25, -0.2) is 0 Å². The monoisotopic (exact) mass is 381 g/mol. The van der Waals surface area contributed by atoms with Gasteiger partial charge in [-0.05, 0) is 36.1 Å².